The van der Waals surface area contributed by atoms with Crippen molar-refractivity contribution in [2.45, 2.75) is 44.6 Å². The van der Waals surface area contributed by atoms with Crippen LogP contribution in [0.15, 0.2) is 24.4 Å². The maximum atomic E-state index is 12.7. The summed E-state index contributed by atoms with van der Waals surface area (Å²) in [6, 6.07) is 5.58. The largest absolute Gasteiger partial charge is 0.508 e. The van der Waals surface area contributed by atoms with Gasteiger partial charge in [-0.2, -0.15) is 5.10 Å². The molecule has 2 heterocycles. The van der Waals surface area contributed by atoms with Crippen LogP contribution in [-0.4, -0.2) is 32.2 Å². The number of carbonyl (C=O) groups is 1. The summed E-state index contributed by atoms with van der Waals surface area (Å²) in [6.45, 7) is 3.43. The van der Waals surface area contributed by atoms with E-state index in [1.165, 1.54) is 11.1 Å². The predicted molar refractivity (Wildman–Crippen MR) is 90.7 cm³/mol. The van der Waals surface area contributed by atoms with Crippen LogP contribution in [0.4, 0.5) is 0 Å². The van der Waals surface area contributed by atoms with Crippen LogP contribution >= 0.6 is 0 Å². The molecular formula is C19H23N3O2. The van der Waals surface area contributed by atoms with Crippen LogP contribution in [-0.2, 0) is 30.2 Å². The van der Waals surface area contributed by atoms with Crippen molar-refractivity contribution in [1.29, 1.82) is 0 Å². The molecule has 1 saturated carbocycles. The summed E-state index contributed by atoms with van der Waals surface area (Å²) in [5.41, 5.74) is 4.67. The smallest absolute Gasteiger partial charge is 0.223 e. The summed E-state index contributed by atoms with van der Waals surface area (Å²) < 4.78 is 1.80. The molecule has 0 saturated heterocycles. The third kappa shape index (κ3) is 2.58. The molecule has 5 nitrogen and oxygen atoms in total. The van der Waals surface area contributed by atoms with E-state index in [1.807, 2.05) is 37.2 Å². The van der Waals surface area contributed by atoms with Gasteiger partial charge in [-0.25, -0.2) is 0 Å². The third-order valence-electron chi connectivity index (χ3n) is 5.45. The molecule has 1 aliphatic heterocycles. The minimum Gasteiger partial charge on any atom is -0.508 e. The van der Waals surface area contributed by atoms with E-state index in [0.717, 1.165) is 37.1 Å². The molecule has 1 spiro atoms. The van der Waals surface area contributed by atoms with Gasteiger partial charge in [0.25, 0.3) is 0 Å². The number of carbonyl (C=O) groups excluding carboxylic acids is 1. The summed E-state index contributed by atoms with van der Waals surface area (Å²) in [4.78, 5) is 14.7. The van der Waals surface area contributed by atoms with E-state index < -0.39 is 0 Å². The summed E-state index contributed by atoms with van der Waals surface area (Å²) in [5, 5.41) is 14.1. The second kappa shape index (κ2) is 5.36. The number of aryl methyl sites for hydroxylation is 3. The first kappa shape index (κ1) is 15.2. The Kier molecular flexibility index (Phi) is 3.41. The van der Waals surface area contributed by atoms with Crippen LogP contribution in [0.3, 0.4) is 0 Å². The Morgan fingerprint density at radius 2 is 2.17 bits per heavy atom. The third-order valence-corrected chi connectivity index (χ3v) is 5.45. The number of phenols is 1. The minimum absolute atomic E-state index is 0.0895. The Morgan fingerprint density at radius 3 is 2.83 bits per heavy atom. The maximum absolute atomic E-state index is 12.7. The van der Waals surface area contributed by atoms with Gasteiger partial charge in [-0.1, -0.05) is 6.07 Å². The number of rotatable bonds is 3. The summed E-state index contributed by atoms with van der Waals surface area (Å²) in [6.07, 6.45) is 5.48. The fourth-order valence-electron chi connectivity index (χ4n) is 3.96. The Hall–Kier alpha value is -2.30. The standard InChI is InChI=1S/C19H23N3O2/c1-13-14(10-21(2)20-13)4-6-18(24)22-11-15-3-5-16(23)9-17(15)19(12-22)7-8-19/h3,5,9-10,23H,4,6-8,11-12H2,1-2H3. The number of nitrogens with zero attached hydrogens (tertiary/aromatic N) is 3. The van der Waals surface area contributed by atoms with E-state index in [1.54, 1.807) is 10.7 Å². The fraction of sp³-hybridized carbons (Fsp3) is 0.474. The van der Waals surface area contributed by atoms with Crippen LogP contribution < -0.4 is 0 Å². The molecule has 4 rings (SSSR count). The SMILES string of the molecule is Cc1nn(C)cc1CCC(=O)N1Cc2ccc(O)cc2C2(CC2)C1. The number of fused-ring (bicyclic) bond motifs is 2. The Bertz CT molecular complexity index is 805. The molecule has 0 radical (unpaired) electrons. The molecule has 1 amide bonds. The van der Waals surface area contributed by atoms with Crippen molar-refractivity contribution >= 4 is 5.91 Å². The van der Waals surface area contributed by atoms with Gasteiger partial charge in [-0.3, -0.25) is 9.48 Å². The van der Waals surface area contributed by atoms with Gasteiger partial charge in [-0.15, -0.1) is 0 Å². The van der Waals surface area contributed by atoms with E-state index in [0.29, 0.717) is 18.7 Å². The monoisotopic (exact) mass is 325 g/mol. The first-order chi connectivity index (χ1) is 11.5. The van der Waals surface area contributed by atoms with Crippen molar-refractivity contribution in [2.24, 2.45) is 7.05 Å². The Labute approximate surface area is 141 Å². The van der Waals surface area contributed by atoms with Gasteiger partial charge in [0.15, 0.2) is 0 Å². The van der Waals surface area contributed by atoms with Gasteiger partial charge >= 0.3 is 0 Å². The average molecular weight is 325 g/mol. The Morgan fingerprint density at radius 1 is 1.38 bits per heavy atom. The van der Waals surface area contributed by atoms with Crippen molar-refractivity contribution in [3.8, 4) is 5.75 Å². The number of benzene rings is 1. The van der Waals surface area contributed by atoms with E-state index in [9.17, 15) is 9.90 Å². The minimum atomic E-state index is 0.0895. The summed E-state index contributed by atoms with van der Waals surface area (Å²) in [7, 11) is 1.91. The molecule has 1 aliphatic carbocycles. The highest BCUT2D eigenvalue weighted by Crippen LogP contribution is 2.53. The zero-order valence-corrected chi connectivity index (χ0v) is 14.2. The fourth-order valence-corrected chi connectivity index (χ4v) is 3.96. The zero-order chi connectivity index (χ0) is 16.9. The lowest BCUT2D eigenvalue weighted by Gasteiger charge is -2.35. The first-order valence-electron chi connectivity index (χ1n) is 8.56. The van der Waals surface area contributed by atoms with Crippen molar-refractivity contribution in [3.05, 3.63) is 46.8 Å². The topological polar surface area (TPSA) is 58.4 Å². The van der Waals surface area contributed by atoms with Crippen LogP contribution in [0.5, 0.6) is 5.75 Å². The van der Waals surface area contributed by atoms with Crippen molar-refractivity contribution in [3.63, 3.8) is 0 Å². The molecule has 24 heavy (non-hydrogen) atoms. The summed E-state index contributed by atoms with van der Waals surface area (Å²) in [5.74, 6) is 0.537. The normalized spacial score (nSPS) is 17.8. The van der Waals surface area contributed by atoms with E-state index in [-0.39, 0.29) is 11.3 Å². The lowest BCUT2D eigenvalue weighted by molar-refractivity contribution is -0.132. The molecule has 1 N–H and O–H groups in total. The quantitative estimate of drug-likeness (QED) is 0.943. The van der Waals surface area contributed by atoms with Crippen LogP contribution in [0.25, 0.3) is 0 Å². The van der Waals surface area contributed by atoms with Gasteiger partial charge < -0.3 is 10.0 Å². The molecule has 126 valence electrons. The highest BCUT2D eigenvalue weighted by Gasteiger charge is 2.49. The number of phenolic OH excluding ortho intramolecular Hbond substituents is 1. The predicted octanol–water partition coefficient (Wildman–Crippen LogP) is 2.44. The van der Waals surface area contributed by atoms with Gasteiger partial charge in [0, 0.05) is 38.2 Å². The first-order valence-corrected chi connectivity index (χ1v) is 8.56. The van der Waals surface area contributed by atoms with Crippen molar-refractivity contribution < 1.29 is 9.90 Å². The van der Waals surface area contributed by atoms with E-state index in [4.69, 9.17) is 0 Å². The number of aromatic hydroxyl groups is 1. The zero-order valence-electron chi connectivity index (χ0n) is 14.2. The van der Waals surface area contributed by atoms with Crippen molar-refractivity contribution in [2.75, 3.05) is 6.54 Å². The molecule has 1 fully saturated rings. The van der Waals surface area contributed by atoms with Crippen molar-refractivity contribution in [1.82, 2.24) is 14.7 Å². The maximum Gasteiger partial charge on any atom is 0.223 e. The van der Waals surface area contributed by atoms with Gasteiger partial charge in [0.1, 0.15) is 5.75 Å². The van der Waals surface area contributed by atoms with E-state index in [2.05, 4.69) is 5.10 Å². The number of aromatic nitrogens is 2. The lowest BCUT2D eigenvalue weighted by Crippen LogP contribution is -2.41. The molecule has 0 bridgehead atoms. The number of hydrogen-bond acceptors (Lipinski definition) is 3. The molecule has 2 aromatic rings. The number of amides is 1. The summed E-state index contributed by atoms with van der Waals surface area (Å²) >= 11 is 0. The molecule has 1 aromatic carbocycles. The van der Waals surface area contributed by atoms with Crippen LogP contribution in [0.2, 0.25) is 0 Å². The van der Waals surface area contributed by atoms with Gasteiger partial charge in [0.05, 0.1) is 5.69 Å². The van der Waals surface area contributed by atoms with E-state index >= 15 is 0 Å². The van der Waals surface area contributed by atoms with Crippen LogP contribution in [0.1, 0.15) is 41.6 Å². The highest BCUT2D eigenvalue weighted by atomic mass is 16.3. The van der Waals surface area contributed by atoms with Crippen LogP contribution in [0, 0.1) is 6.92 Å². The highest BCUT2D eigenvalue weighted by molar-refractivity contribution is 5.77. The molecule has 0 atom stereocenters. The average Bonchev–Trinajstić information content (AvgIpc) is 3.23. The Balaban J connectivity index is 1.48. The second-order valence-electron chi connectivity index (χ2n) is 7.28. The van der Waals surface area contributed by atoms with Gasteiger partial charge in [0.2, 0.25) is 5.91 Å². The molecule has 1 aromatic heterocycles. The molecule has 5 heteroatoms. The van der Waals surface area contributed by atoms with Gasteiger partial charge in [-0.05, 0) is 55.0 Å². The second-order valence-corrected chi connectivity index (χ2v) is 7.28. The molecular weight excluding hydrogens is 302 g/mol. The molecule has 2 aliphatic rings. The number of hydrogen-bond donors (Lipinski definition) is 1. The molecule has 0 unspecified atom stereocenters. The lowest BCUT2D eigenvalue weighted by atomic mass is 9.86.